The highest BCUT2D eigenvalue weighted by Crippen LogP contribution is 2.31. The molecule has 0 bridgehead atoms. The van der Waals surface area contributed by atoms with Gasteiger partial charge in [-0.2, -0.15) is 5.10 Å². The molecule has 0 aliphatic heterocycles. The van der Waals surface area contributed by atoms with Crippen LogP contribution in [0.25, 0.3) is 5.69 Å². The maximum Gasteiger partial charge on any atom is 0.359 e. The maximum atomic E-state index is 13.0. The van der Waals surface area contributed by atoms with E-state index in [-0.39, 0.29) is 28.3 Å². The van der Waals surface area contributed by atoms with Gasteiger partial charge in [-0.05, 0) is 12.1 Å². The number of methoxy groups -OCH3 is 1. The van der Waals surface area contributed by atoms with Crippen molar-refractivity contribution in [1.82, 2.24) is 9.78 Å². The Labute approximate surface area is 142 Å². The van der Waals surface area contributed by atoms with Gasteiger partial charge in [0.25, 0.3) is 0 Å². The van der Waals surface area contributed by atoms with Crippen LogP contribution in [0.15, 0.2) is 54.6 Å². The number of hydrogen-bond acceptors (Lipinski definition) is 5. The third-order valence-corrected chi connectivity index (χ3v) is 4.12. The minimum atomic E-state index is -0.758. The third-order valence-electron chi connectivity index (χ3n) is 4.12. The van der Waals surface area contributed by atoms with Crippen LogP contribution in [-0.2, 0) is 4.74 Å². The van der Waals surface area contributed by atoms with Crippen LogP contribution in [0.4, 0.5) is 0 Å². The van der Waals surface area contributed by atoms with Crippen molar-refractivity contribution in [2.45, 2.75) is 0 Å². The van der Waals surface area contributed by atoms with Gasteiger partial charge in [0.15, 0.2) is 11.5 Å². The van der Waals surface area contributed by atoms with E-state index in [1.54, 1.807) is 48.5 Å². The molecule has 1 aliphatic rings. The topological polar surface area (TPSA) is 78.3 Å². The lowest BCUT2D eigenvalue weighted by atomic mass is 9.86. The van der Waals surface area contributed by atoms with Gasteiger partial charge in [-0.25, -0.2) is 9.48 Å². The fourth-order valence-corrected chi connectivity index (χ4v) is 2.98. The van der Waals surface area contributed by atoms with Gasteiger partial charge in [-0.3, -0.25) is 9.59 Å². The van der Waals surface area contributed by atoms with E-state index in [9.17, 15) is 14.4 Å². The van der Waals surface area contributed by atoms with Gasteiger partial charge < -0.3 is 4.74 Å². The minimum Gasteiger partial charge on any atom is -0.464 e. The van der Waals surface area contributed by atoms with Gasteiger partial charge in [0.05, 0.1) is 18.4 Å². The Kier molecular flexibility index (Phi) is 3.32. The second kappa shape index (κ2) is 5.52. The molecule has 0 saturated heterocycles. The van der Waals surface area contributed by atoms with Crippen LogP contribution in [0, 0.1) is 0 Å². The number of ketones is 2. The van der Waals surface area contributed by atoms with E-state index in [2.05, 4.69) is 5.10 Å². The first kappa shape index (κ1) is 15.0. The molecule has 3 aromatic rings. The minimum absolute atomic E-state index is 0.0144. The average molecular weight is 332 g/mol. The monoisotopic (exact) mass is 332 g/mol. The van der Waals surface area contributed by atoms with Crippen molar-refractivity contribution in [3.8, 4) is 5.69 Å². The van der Waals surface area contributed by atoms with E-state index in [0.29, 0.717) is 11.3 Å². The molecule has 1 aliphatic carbocycles. The summed E-state index contributed by atoms with van der Waals surface area (Å²) >= 11 is 0. The predicted octanol–water partition coefficient (Wildman–Crippen LogP) is 2.43. The van der Waals surface area contributed by atoms with Crippen LogP contribution >= 0.6 is 0 Å². The van der Waals surface area contributed by atoms with Crippen LogP contribution in [-0.4, -0.2) is 34.4 Å². The van der Waals surface area contributed by atoms with Gasteiger partial charge >= 0.3 is 5.97 Å². The first-order valence-corrected chi connectivity index (χ1v) is 7.58. The fraction of sp³-hybridized carbons (Fsp3) is 0.0526. The number of rotatable bonds is 2. The zero-order chi connectivity index (χ0) is 17.6. The molecule has 0 N–H and O–H groups in total. The lowest BCUT2D eigenvalue weighted by molar-refractivity contribution is 0.0590. The summed E-state index contributed by atoms with van der Waals surface area (Å²) in [5.74, 6) is -1.52. The third kappa shape index (κ3) is 2.11. The van der Waals surface area contributed by atoms with E-state index >= 15 is 0 Å². The van der Waals surface area contributed by atoms with Gasteiger partial charge in [-0.1, -0.05) is 42.5 Å². The average Bonchev–Trinajstić information content (AvgIpc) is 3.07. The summed E-state index contributed by atoms with van der Waals surface area (Å²) < 4.78 is 6.08. The second-order valence-corrected chi connectivity index (χ2v) is 5.51. The summed E-state index contributed by atoms with van der Waals surface area (Å²) in [6.45, 7) is 0. The molecule has 0 spiro atoms. The van der Waals surface area contributed by atoms with Crippen LogP contribution in [0.2, 0.25) is 0 Å². The number of aromatic nitrogens is 2. The van der Waals surface area contributed by atoms with Crippen LogP contribution in [0.3, 0.4) is 0 Å². The molecule has 122 valence electrons. The number of hydrogen-bond donors (Lipinski definition) is 0. The largest absolute Gasteiger partial charge is 0.464 e. The SMILES string of the molecule is COC(=O)c1nn(-c2ccccc2)c2c1C(=O)c1ccccc1C2=O. The van der Waals surface area contributed by atoms with Crippen LogP contribution in [0.1, 0.15) is 42.5 Å². The van der Waals surface area contributed by atoms with Crippen molar-refractivity contribution >= 4 is 17.5 Å². The first-order valence-electron chi connectivity index (χ1n) is 7.58. The molecule has 0 radical (unpaired) electrons. The molecule has 1 heterocycles. The number of esters is 1. The Morgan fingerprint density at radius 1 is 0.920 bits per heavy atom. The Morgan fingerprint density at radius 3 is 2.16 bits per heavy atom. The van der Waals surface area contributed by atoms with Crippen molar-refractivity contribution in [1.29, 1.82) is 0 Å². The number of carbonyl (C=O) groups is 3. The van der Waals surface area contributed by atoms with E-state index in [0.717, 1.165) is 0 Å². The second-order valence-electron chi connectivity index (χ2n) is 5.51. The highest BCUT2D eigenvalue weighted by Gasteiger charge is 2.38. The molecule has 6 nitrogen and oxygen atoms in total. The van der Waals surface area contributed by atoms with Gasteiger partial charge in [0, 0.05) is 11.1 Å². The quantitative estimate of drug-likeness (QED) is 0.527. The Hall–Kier alpha value is -3.54. The normalized spacial score (nSPS) is 12.5. The molecule has 0 atom stereocenters. The molecular formula is C19H12N2O4. The molecule has 0 unspecified atom stereocenters. The number of ether oxygens (including phenoxy) is 1. The van der Waals surface area contributed by atoms with Crippen molar-refractivity contribution < 1.29 is 19.1 Å². The maximum absolute atomic E-state index is 13.0. The van der Waals surface area contributed by atoms with Crippen LogP contribution in [0.5, 0.6) is 0 Å². The summed E-state index contributed by atoms with van der Waals surface area (Å²) in [6.07, 6.45) is 0. The molecule has 4 rings (SSSR count). The number of nitrogens with zero attached hydrogens (tertiary/aromatic N) is 2. The summed E-state index contributed by atoms with van der Waals surface area (Å²) in [5, 5.41) is 4.22. The smallest absolute Gasteiger partial charge is 0.359 e. The summed E-state index contributed by atoms with van der Waals surface area (Å²) in [5.41, 5.74) is 1.05. The lowest BCUT2D eigenvalue weighted by Gasteiger charge is -2.16. The van der Waals surface area contributed by atoms with Crippen molar-refractivity contribution in [3.63, 3.8) is 0 Å². The number of fused-ring (bicyclic) bond motifs is 2. The summed E-state index contributed by atoms with van der Waals surface area (Å²) in [6, 6.07) is 15.4. The highest BCUT2D eigenvalue weighted by atomic mass is 16.5. The van der Waals surface area contributed by atoms with Crippen LogP contribution < -0.4 is 0 Å². The van der Waals surface area contributed by atoms with Gasteiger partial charge in [0.1, 0.15) is 5.69 Å². The molecule has 0 saturated carbocycles. The Bertz CT molecular complexity index is 1030. The van der Waals surface area contributed by atoms with E-state index in [4.69, 9.17) is 4.74 Å². The van der Waals surface area contributed by atoms with Gasteiger partial charge in [-0.15, -0.1) is 0 Å². The predicted molar refractivity (Wildman–Crippen MR) is 88.2 cm³/mol. The Morgan fingerprint density at radius 2 is 1.52 bits per heavy atom. The number of carbonyl (C=O) groups excluding carboxylic acids is 3. The lowest BCUT2D eigenvalue weighted by Crippen LogP contribution is -2.23. The molecule has 0 fully saturated rings. The van der Waals surface area contributed by atoms with E-state index < -0.39 is 11.8 Å². The zero-order valence-corrected chi connectivity index (χ0v) is 13.2. The fourth-order valence-electron chi connectivity index (χ4n) is 2.98. The molecule has 25 heavy (non-hydrogen) atoms. The zero-order valence-electron chi connectivity index (χ0n) is 13.2. The molecule has 1 aromatic heterocycles. The Balaban J connectivity index is 2.05. The molecule has 0 amide bonds. The van der Waals surface area contributed by atoms with E-state index in [1.165, 1.54) is 11.8 Å². The van der Waals surface area contributed by atoms with Crippen molar-refractivity contribution in [3.05, 3.63) is 82.7 Å². The van der Waals surface area contributed by atoms with Crippen molar-refractivity contribution in [2.75, 3.05) is 7.11 Å². The van der Waals surface area contributed by atoms with Gasteiger partial charge in [0.2, 0.25) is 5.78 Å². The van der Waals surface area contributed by atoms with Crippen molar-refractivity contribution in [2.24, 2.45) is 0 Å². The van der Waals surface area contributed by atoms with E-state index in [1.807, 2.05) is 6.07 Å². The number of para-hydroxylation sites is 1. The first-order chi connectivity index (χ1) is 12.1. The summed E-state index contributed by atoms with van der Waals surface area (Å²) in [4.78, 5) is 38.1. The number of benzene rings is 2. The highest BCUT2D eigenvalue weighted by molar-refractivity contribution is 6.30. The standard InChI is InChI=1S/C19H12N2O4/c1-25-19(24)15-14-16(21(20-15)11-7-3-2-4-8-11)18(23)13-10-6-5-9-12(13)17(14)22/h2-10H,1H3. The molecular weight excluding hydrogens is 320 g/mol. The molecule has 2 aromatic carbocycles. The molecule has 6 heteroatoms. The summed E-state index contributed by atoms with van der Waals surface area (Å²) in [7, 11) is 1.21.